The van der Waals surface area contributed by atoms with Gasteiger partial charge in [-0.05, 0) is 37.3 Å². The van der Waals surface area contributed by atoms with Crippen LogP contribution in [0.2, 0.25) is 0 Å². The zero-order chi connectivity index (χ0) is 19.0. The Kier molecular flexibility index (Phi) is 4.56. The maximum absolute atomic E-state index is 13.2. The molecule has 1 aliphatic heterocycles. The third-order valence-electron chi connectivity index (χ3n) is 5.67. The number of aromatic nitrogens is 2. The number of H-pyrrole nitrogens is 1. The first-order valence-electron chi connectivity index (χ1n) is 9.48. The lowest BCUT2D eigenvalue weighted by atomic mass is 10.1. The van der Waals surface area contributed by atoms with Crippen LogP contribution >= 0.6 is 0 Å². The van der Waals surface area contributed by atoms with E-state index in [1.54, 1.807) is 35.3 Å². The highest BCUT2D eigenvalue weighted by Gasteiger charge is 2.39. The van der Waals surface area contributed by atoms with Crippen molar-refractivity contribution in [1.29, 1.82) is 5.26 Å². The Bertz CT molecular complexity index is 877. The number of nitriles is 1. The normalized spacial score (nSPS) is 20.4. The summed E-state index contributed by atoms with van der Waals surface area (Å²) in [5.74, 6) is 0.182. The number of carbonyl (C=O) groups excluding carboxylic acids is 2. The molecule has 2 amide bonds. The van der Waals surface area contributed by atoms with Gasteiger partial charge in [0.05, 0.1) is 17.8 Å². The summed E-state index contributed by atoms with van der Waals surface area (Å²) in [6.07, 6.45) is 7.79. The zero-order valence-electron chi connectivity index (χ0n) is 15.4. The molecule has 3 heterocycles. The van der Waals surface area contributed by atoms with Crippen molar-refractivity contribution >= 4 is 22.7 Å². The number of likely N-dealkylation sites (tertiary alicyclic amines) is 1. The van der Waals surface area contributed by atoms with E-state index in [2.05, 4.69) is 16.0 Å². The van der Waals surface area contributed by atoms with Crippen molar-refractivity contribution in [2.75, 3.05) is 13.6 Å². The number of hydrogen-bond acceptors (Lipinski definition) is 4. The first-order chi connectivity index (χ1) is 13.1. The molecule has 4 rings (SSSR count). The monoisotopic (exact) mass is 365 g/mol. The molecule has 7 nitrogen and oxygen atoms in total. The molecule has 2 unspecified atom stereocenters. The number of carbonyl (C=O) groups is 2. The topological polar surface area (TPSA) is 93.1 Å². The van der Waals surface area contributed by atoms with Crippen LogP contribution in [0.5, 0.6) is 0 Å². The lowest BCUT2D eigenvalue weighted by Crippen LogP contribution is -2.50. The first kappa shape index (κ1) is 17.5. The second-order valence-electron chi connectivity index (χ2n) is 7.58. The Morgan fingerprint density at radius 1 is 1.44 bits per heavy atom. The summed E-state index contributed by atoms with van der Waals surface area (Å²) in [7, 11) is 1.69. The molecule has 140 valence electrons. The molecule has 2 aromatic rings. The van der Waals surface area contributed by atoms with E-state index in [0.717, 1.165) is 30.2 Å². The van der Waals surface area contributed by atoms with Gasteiger partial charge in [0.15, 0.2) is 0 Å². The van der Waals surface area contributed by atoms with Gasteiger partial charge >= 0.3 is 0 Å². The fraction of sp³-hybridized carbons (Fsp3) is 0.500. The van der Waals surface area contributed by atoms with Crippen molar-refractivity contribution in [2.45, 2.75) is 44.2 Å². The summed E-state index contributed by atoms with van der Waals surface area (Å²) in [6, 6.07) is 4.97. The van der Waals surface area contributed by atoms with Crippen molar-refractivity contribution in [3.8, 4) is 6.07 Å². The third kappa shape index (κ3) is 3.39. The van der Waals surface area contributed by atoms with Crippen molar-refractivity contribution < 1.29 is 9.59 Å². The summed E-state index contributed by atoms with van der Waals surface area (Å²) >= 11 is 0. The highest BCUT2D eigenvalue weighted by molar-refractivity contribution is 6.00. The van der Waals surface area contributed by atoms with E-state index in [-0.39, 0.29) is 17.9 Å². The molecule has 0 spiro atoms. The molecule has 1 aliphatic carbocycles. The van der Waals surface area contributed by atoms with Gasteiger partial charge in [-0.3, -0.25) is 14.6 Å². The maximum Gasteiger partial charge on any atom is 0.270 e. The average molecular weight is 365 g/mol. The second-order valence-corrected chi connectivity index (χ2v) is 7.58. The summed E-state index contributed by atoms with van der Waals surface area (Å²) in [4.78, 5) is 36.6. The van der Waals surface area contributed by atoms with E-state index in [4.69, 9.17) is 0 Å². The summed E-state index contributed by atoms with van der Waals surface area (Å²) in [5.41, 5.74) is 1.25. The van der Waals surface area contributed by atoms with Gasteiger partial charge in [-0.1, -0.05) is 12.8 Å². The zero-order valence-corrected chi connectivity index (χ0v) is 15.4. The Morgan fingerprint density at radius 2 is 2.26 bits per heavy atom. The van der Waals surface area contributed by atoms with Crippen LogP contribution in [0.3, 0.4) is 0 Å². The Hall–Kier alpha value is -2.88. The fourth-order valence-corrected chi connectivity index (χ4v) is 3.87. The van der Waals surface area contributed by atoms with Crippen molar-refractivity contribution in [2.24, 2.45) is 5.92 Å². The highest BCUT2D eigenvalue weighted by Crippen LogP contribution is 2.36. The molecule has 7 heteroatoms. The number of nitrogens with one attached hydrogen (secondary N) is 1. The summed E-state index contributed by atoms with van der Waals surface area (Å²) in [5, 5.41) is 10.2. The molecule has 27 heavy (non-hydrogen) atoms. The molecule has 2 atom stereocenters. The van der Waals surface area contributed by atoms with Gasteiger partial charge in [0.25, 0.3) is 5.91 Å². The minimum atomic E-state index is -0.525. The molecule has 0 bridgehead atoms. The van der Waals surface area contributed by atoms with Gasteiger partial charge in [-0.2, -0.15) is 5.26 Å². The largest absolute Gasteiger partial charge is 0.349 e. The predicted molar refractivity (Wildman–Crippen MR) is 99.7 cm³/mol. The average Bonchev–Trinajstić information content (AvgIpc) is 3.21. The van der Waals surface area contributed by atoms with E-state index in [1.165, 1.54) is 0 Å². The van der Waals surface area contributed by atoms with Crippen LogP contribution in [0.1, 0.15) is 42.6 Å². The van der Waals surface area contributed by atoms with Crippen LogP contribution in [-0.2, 0) is 4.79 Å². The maximum atomic E-state index is 13.2. The lowest BCUT2D eigenvalue weighted by molar-refractivity contribution is -0.136. The number of pyridine rings is 1. The Labute approximate surface area is 158 Å². The quantitative estimate of drug-likeness (QED) is 0.880. The molecule has 2 aliphatic rings. The number of likely N-dealkylation sites (N-methyl/N-ethyl adjacent to an activating group) is 1. The van der Waals surface area contributed by atoms with Crippen LogP contribution in [0.25, 0.3) is 10.9 Å². The molecule has 2 fully saturated rings. The standard InChI is InChI=1S/C20H23N5O2/c1-24(19(26)16-10-14-6-7-22-12-17(14)23-16)18(9-13-4-5-13)20(27)25-8-2-3-15(25)11-21/h6-7,10,12-13,15,18,23H,2-5,8-9H2,1H3. The summed E-state index contributed by atoms with van der Waals surface area (Å²) < 4.78 is 0. The molecular weight excluding hydrogens is 342 g/mol. The van der Waals surface area contributed by atoms with Crippen molar-refractivity contribution in [3.05, 3.63) is 30.2 Å². The van der Waals surface area contributed by atoms with E-state index >= 15 is 0 Å². The smallest absolute Gasteiger partial charge is 0.270 e. The van der Waals surface area contributed by atoms with Crippen molar-refractivity contribution in [3.63, 3.8) is 0 Å². The van der Waals surface area contributed by atoms with Crippen LogP contribution in [0, 0.1) is 17.2 Å². The van der Waals surface area contributed by atoms with Gasteiger partial charge in [-0.15, -0.1) is 0 Å². The molecule has 0 aromatic carbocycles. The van der Waals surface area contributed by atoms with Crippen LogP contribution in [0.15, 0.2) is 24.5 Å². The Morgan fingerprint density at radius 3 is 2.96 bits per heavy atom. The molecule has 0 radical (unpaired) electrons. The lowest BCUT2D eigenvalue weighted by Gasteiger charge is -2.31. The minimum absolute atomic E-state index is 0.0976. The van der Waals surface area contributed by atoms with E-state index in [9.17, 15) is 14.9 Å². The first-order valence-corrected chi connectivity index (χ1v) is 9.48. The molecule has 2 aromatic heterocycles. The van der Waals surface area contributed by atoms with Crippen LogP contribution in [0.4, 0.5) is 0 Å². The fourth-order valence-electron chi connectivity index (χ4n) is 3.87. The Balaban J connectivity index is 1.58. The summed E-state index contributed by atoms with van der Waals surface area (Å²) in [6.45, 7) is 0.596. The second kappa shape index (κ2) is 7.03. The predicted octanol–water partition coefficient (Wildman–Crippen LogP) is 2.32. The molecule has 1 saturated carbocycles. The van der Waals surface area contributed by atoms with Crippen LogP contribution in [-0.4, -0.2) is 57.3 Å². The van der Waals surface area contributed by atoms with Gasteiger partial charge in [0.1, 0.15) is 17.8 Å². The minimum Gasteiger partial charge on any atom is -0.349 e. The van der Waals surface area contributed by atoms with E-state index < -0.39 is 6.04 Å². The third-order valence-corrected chi connectivity index (χ3v) is 5.67. The number of aromatic amines is 1. The number of fused-ring (bicyclic) bond motifs is 1. The van der Waals surface area contributed by atoms with Crippen LogP contribution < -0.4 is 0 Å². The van der Waals surface area contributed by atoms with Gasteiger partial charge in [-0.25, -0.2) is 0 Å². The van der Waals surface area contributed by atoms with Gasteiger partial charge in [0, 0.05) is 25.2 Å². The molecule has 1 saturated heterocycles. The number of rotatable bonds is 5. The number of hydrogen-bond donors (Lipinski definition) is 1. The highest BCUT2D eigenvalue weighted by atomic mass is 16.2. The number of amides is 2. The van der Waals surface area contributed by atoms with E-state index in [0.29, 0.717) is 31.0 Å². The van der Waals surface area contributed by atoms with Gasteiger partial charge < -0.3 is 14.8 Å². The SMILES string of the molecule is CN(C(=O)c1cc2ccncc2[nH]1)C(CC1CC1)C(=O)N1CCCC1C#N. The molecule has 1 N–H and O–H groups in total. The number of nitrogens with zero attached hydrogens (tertiary/aromatic N) is 4. The van der Waals surface area contributed by atoms with Gasteiger partial charge in [0.2, 0.25) is 5.91 Å². The van der Waals surface area contributed by atoms with E-state index in [1.807, 2.05) is 6.07 Å². The van der Waals surface area contributed by atoms with Crippen molar-refractivity contribution in [1.82, 2.24) is 19.8 Å². The molecular formula is C20H23N5O2.